The molecule has 0 saturated carbocycles. The van der Waals surface area contributed by atoms with Crippen molar-refractivity contribution in [3.63, 3.8) is 0 Å². The van der Waals surface area contributed by atoms with Gasteiger partial charge in [-0.3, -0.25) is 9.78 Å². The number of carbonyl (C=O) groups is 2. The lowest BCUT2D eigenvalue weighted by atomic mass is 10.2. The number of hydrogen-bond donors (Lipinski definition) is 2. The lowest BCUT2D eigenvalue weighted by Gasteiger charge is -2.11. The number of esters is 1. The molecule has 0 saturated heterocycles. The Labute approximate surface area is 167 Å². The summed E-state index contributed by atoms with van der Waals surface area (Å²) >= 11 is 5.98. The molecule has 0 spiro atoms. The Morgan fingerprint density at radius 1 is 1.04 bits per heavy atom. The van der Waals surface area contributed by atoms with Crippen molar-refractivity contribution >= 4 is 40.5 Å². The number of ether oxygens (including phenoxy) is 1. The van der Waals surface area contributed by atoms with Crippen molar-refractivity contribution in [2.75, 3.05) is 17.7 Å². The summed E-state index contributed by atoms with van der Waals surface area (Å²) in [5, 5.41) is 6.64. The first-order valence-corrected chi connectivity index (χ1v) is 8.83. The van der Waals surface area contributed by atoms with E-state index in [-0.39, 0.29) is 5.69 Å². The number of aromatic nitrogens is 1. The molecule has 0 aliphatic heterocycles. The number of nitrogens with one attached hydrogen (secondary N) is 2. The number of hydrogen-bond acceptors (Lipinski definition) is 5. The molecule has 0 aliphatic carbocycles. The van der Waals surface area contributed by atoms with Crippen molar-refractivity contribution in [3.8, 4) is 0 Å². The van der Waals surface area contributed by atoms with E-state index in [1.54, 1.807) is 48.7 Å². The monoisotopic (exact) mass is 395 g/mol. The van der Waals surface area contributed by atoms with Crippen LogP contribution in [-0.4, -0.2) is 24.0 Å². The molecule has 0 unspecified atom stereocenters. The number of benzene rings is 2. The van der Waals surface area contributed by atoms with Crippen molar-refractivity contribution < 1.29 is 14.3 Å². The summed E-state index contributed by atoms with van der Waals surface area (Å²) in [6.45, 7) is 1.94. The summed E-state index contributed by atoms with van der Waals surface area (Å²) in [5.41, 5.74) is 3.64. The third-order valence-electron chi connectivity index (χ3n) is 4.00. The van der Waals surface area contributed by atoms with E-state index in [0.717, 1.165) is 11.3 Å². The van der Waals surface area contributed by atoms with Gasteiger partial charge in [-0.05, 0) is 61.0 Å². The Morgan fingerprint density at radius 2 is 1.86 bits per heavy atom. The SMILES string of the molecule is COC(=O)c1cccc(NC(=O)c2cc(Nc3ccc(Cl)cc3C)ccn2)c1. The predicted molar refractivity (Wildman–Crippen MR) is 109 cm³/mol. The molecule has 0 fully saturated rings. The van der Waals surface area contributed by atoms with Crippen LogP contribution in [0, 0.1) is 6.92 Å². The van der Waals surface area contributed by atoms with E-state index in [2.05, 4.69) is 20.4 Å². The fraction of sp³-hybridized carbons (Fsp3) is 0.0952. The summed E-state index contributed by atoms with van der Waals surface area (Å²) in [6.07, 6.45) is 1.55. The number of halogens is 1. The molecule has 0 aliphatic rings. The predicted octanol–water partition coefficient (Wildman–Crippen LogP) is 4.83. The number of pyridine rings is 1. The van der Waals surface area contributed by atoms with E-state index >= 15 is 0 Å². The van der Waals surface area contributed by atoms with Gasteiger partial charge in [-0.15, -0.1) is 0 Å². The zero-order valence-corrected chi connectivity index (χ0v) is 16.1. The van der Waals surface area contributed by atoms with E-state index in [9.17, 15) is 9.59 Å². The number of carbonyl (C=O) groups excluding carboxylic acids is 2. The molecule has 2 aromatic carbocycles. The van der Waals surface area contributed by atoms with Crippen LogP contribution in [0.5, 0.6) is 0 Å². The average Bonchev–Trinajstić information content (AvgIpc) is 2.70. The van der Waals surface area contributed by atoms with E-state index in [4.69, 9.17) is 11.6 Å². The third kappa shape index (κ3) is 4.66. The molecule has 0 atom stereocenters. The van der Waals surface area contributed by atoms with Gasteiger partial charge in [0.2, 0.25) is 0 Å². The van der Waals surface area contributed by atoms with Crippen LogP contribution in [-0.2, 0) is 4.74 Å². The van der Waals surface area contributed by atoms with E-state index in [1.165, 1.54) is 7.11 Å². The summed E-state index contributed by atoms with van der Waals surface area (Å²) in [7, 11) is 1.30. The molecule has 6 nitrogen and oxygen atoms in total. The highest BCUT2D eigenvalue weighted by atomic mass is 35.5. The summed E-state index contributed by atoms with van der Waals surface area (Å²) in [4.78, 5) is 28.3. The molecule has 1 amide bonds. The number of rotatable bonds is 5. The first-order valence-electron chi connectivity index (χ1n) is 8.45. The number of nitrogens with zero attached hydrogens (tertiary/aromatic N) is 1. The lowest BCUT2D eigenvalue weighted by molar-refractivity contribution is 0.0600. The van der Waals surface area contributed by atoms with Gasteiger partial charge in [0, 0.05) is 28.3 Å². The average molecular weight is 396 g/mol. The topological polar surface area (TPSA) is 80.3 Å². The highest BCUT2D eigenvalue weighted by Gasteiger charge is 2.11. The summed E-state index contributed by atoms with van der Waals surface area (Å²) in [6, 6.07) is 15.4. The van der Waals surface area contributed by atoms with Crippen molar-refractivity contribution in [1.82, 2.24) is 4.98 Å². The Balaban J connectivity index is 1.76. The van der Waals surface area contributed by atoms with Gasteiger partial charge in [0.25, 0.3) is 5.91 Å². The number of anilines is 3. The van der Waals surface area contributed by atoms with Crippen LogP contribution in [0.25, 0.3) is 0 Å². The Hall–Kier alpha value is -3.38. The smallest absolute Gasteiger partial charge is 0.337 e. The number of aryl methyl sites for hydroxylation is 1. The normalized spacial score (nSPS) is 10.2. The number of methoxy groups -OCH3 is 1. The largest absolute Gasteiger partial charge is 0.465 e. The second-order valence-corrected chi connectivity index (χ2v) is 6.48. The van der Waals surface area contributed by atoms with Crippen molar-refractivity contribution in [3.05, 3.63) is 82.6 Å². The Bertz CT molecular complexity index is 1040. The first kappa shape index (κ1) is 19.4. The first-order chi connectivity index (χ1) is 13.5. The van der Waals surface area contributed by atoms with Crippen molar-refractivity contribution in [1.29, 1.82) is 0 Å². The van der Waals surface area contributed by atoms with Gasteiger partial charge in [-0.1, -0.05) is 17.7 Å². The van der Waals surface area contributed by atoms with E-state index in [1.807, 2.05) is 19.1 Å². The molecular formula is C21H18ClN3O3. The van der Waals surface area contributed by atoms with Crippen LogP contribution in [0.1, 0.15) is 26.4 Å². The second kappa shape index (κ2) is 8.54. The highest BCUT2D eigenvalue weighted by molar-refractivity contribution is 6.30. The Morgan fingerprint density at radius 3 is 2.61 bits per heavy atom. The molecule has 0 radical (unpaired) electrons. The molecule has 142 valence electrons. The van der Waals surface area contributed by atoms with Crippen molar-refractivity contribution in [2.45, 2.75) is 6.92 Å². The molecule has 2 N–H and O–H groups in total. The molecular weight excluding hydrogens is 378 g/mol. The van der Waals surface area contributed by atoms with E-state index in [0.29, 0.717) is 22.0 Å². The summed E-state index contributed by atoms with van der Waals surface area (Å²) < 4.78 is 4.69. The van der Waals surface area contributed by atoms with E-state index < -0.39 is 11.9 Å². The highest BCUT2D eigenvalue weighted by Crippen LogP contribution is 2.24. The molecule has 28 heavy (non-hydrogen) atoms. The van der Waals surface area contributed by atoms with Gasteiger partial charge in [0.1, 0.15) is 5.69 Å². The van der Waals surface area contributed by atoms with Gasteiger partial charge in [-0.2, -0.15) is 0 Å². The standard InChI is InChI=1S/C21H18ClN3O3/c1-13-10-15(22)6-7-18(13)24-17-8-9-23-19(12-17)20(26)25-16-5-3-4-14(11-16)21(27)28-2/h3-12H,1-2H3,(H,23,24)(H,25,26). The van der Waals surface area contributed by atoms with Gasteiger partial charge >= 0.3 is 5.97 Å². The molecule has 3 rings (SSSR count). The Kier molecular flexibility index (Phi) is 5.91. The molecule has 7 heteroatoms. The van der Waals surface area contributed by atoms with Gasteiger partial charge in [0.05, 0.1) is 12.7 Å². The van der Waals surface area contributed by atoms with Gasteiger partial charge in [-0.25, -0.2) is 4.79 Å². The van der Waals surface area contributed by atoms with Crippen LogP contribution >= 0.6 is 11.6 Å². The maximum atomic E-state index is 12.5. The van der Waals surface area contributed by atoms with Crippen LogP contribution in [0.15, 0.2) is 60.8 Å². The zero-order valence-electron chi connectivity index (χ0n) is 15.3. The maximum absolute atomic E-state index is 12.5. The second-order valence-electron chi connectivity index (χ2n) is 6.04. The van der Waals surface area contributed by atoms with Crippen LogP contribution in [0.4, 0.5) is 17.1 Å². The van der Waals surface area contributed by atoms with Crippen LogP contribution in [0.3, 0.4) is 0 Å². The molecule has 3 aromatic rings. The minimum Gasteiger partial charge on any atom is -0.465 e. The van der Waals surface area contributed by atoms with Gasteiger partial charge < -0.3 is 15.4 Å². The van der Waals surface area contributed by atoms with Crippen LogP contribution < -0.4 is 10.6 Å². The van der Waals surface area contributed by atoms with Gasteiger partial charge in [0.15, 0.2) is 0 Å². The molecule has 1 aromatic heterocycles. The molecule has 1 heterocycles. The minimum atomic E-state index is -0.473. The fourth-order valence-electron chi connectivity index (χ4n) is 2.59. The molecule has 0 bridgehead atoms. The summed E-state index contributed by atoms with van der Waals surface area (Å²) in [5.74, 6) is -0.864. The third-order valence-corrected chi connectivity index (χ3v) is 4.24. The van der Waals surface area contributed by atoms with Crippen LogP contribution in [0.2, 0.25) is 5.02 Å². The minimum absolute atomic E-state index is 0.236. The van der Waals surface area contributed by atoms with Crippen molar-refractivity contribution in [2.24, 2.45) is 0 Å². The maximum Gasteiger partial charge on any atom is 0.337 e. The zero-order chi connectivity index (χ0) is 20.1. The quantitative estimate of drug-likeness (QED) is 0.605. The fourth-order valence-corrected chi connectivity index (χ4v) is 2.82. The number of amides is 1. The lowest BCUT2D eigenvalue weighted by Crippen LogP contribution is -2.14.